The predicted octanol–water partition coefficient (Wildman–Crippen LogP) is 2.51. The number of nitrogens with one attached hydrogen (secondary N) is 2. The Balaban J connectivity index is 1.83. The number of hydrogen-bond donors (Lipinski definition) is 2. The summed E-state index contributed by atoms with van der Waals surface area (Å²) >= 11 is 5.96. The van der Waals surface area contributed by atoms with Crippen LogP contribution in [0, 0.1) is 0 Å². The van der Waals surface area contributed by atoms with Crippen LogP contribution in [0.15, 0.2) is 12.3 Å². The molecule has 1 aliphatic rings. The van der Waals surface area contributed by atoms with Gasteiger partial charge in [-0.25, -0.2) is 4.98 Å². The Labute approximate surface area is 117 Å². The first-order chi connectivity index (χ1) is 9.13. The average molecular weight is 280 g/mol. The summed E-state index contributed by atoms with van der Waals surface area (Å²) in [7, 11) is 2.16. The monoisotopic (exact) mass is 279 g/mol. The Bertz CT molecular complexity index is 581. The van der Waals surface area contributed by atoms with Gasteiger partial charge in [-0.2, -0.15) is 4.98 Å². The van der Waals surface area contributed by atoms with E-state index in [0.717, 1.165) is 29.8 Å². The van der Waals surface area contributed by atoms with Crippen molar-refractivity contribution in [3.8, 4) is 0 Å². The normalized spacial score (nSPS) is 24.8. The number of likely N-dealkylation sites (N-methyl/N-ethyl adjacent to an activating group) is 1. The quantitative estimate of drug-likeness (QED) is 0.830. The molecular formula is C13H18ClN5. The molecule has 2 aromatic heterocycles. The molecule has 2 atom stereocenters. The van der Waals surface area contributed by atoms with Gasteiger partial charge in [-0.15, -0.1) is 0 Å². The number of halogens is 1. The zero-order valence-corrected chi connectivity index (χ0v) is 11.9. The first-order valence-corrected chi connectivity index (χ1v) is 6.98. The van der Waals surface area contributed by atoms with Crippen LogP contribution < -0.4 is 5.32 Å². The summed E-state index contributed by atoms with van der Waals surface area (Å²) in [6.07, 6.45) is 4.21. The number of anilines is 1. The van der Waals surface area contributed by atoms with E-state index in [1.54, 1.807) is 0 Å². The minimum absolute atomic E-state index is 0.273. The molecule has 19 heavy (non-hydrogen) atoms. The molecular weight excluding hydrogens is 262 g/mol. The molecule has 3 rings (SSSR count). The molecule has 2 N–H and O–H groups in total. The number of H-pyrrole nitrogens is 1. The van der Waals surface area contributed by atoms with Gasteiger partial charge in [-0.3, -0.25) is 0 Å². The lowest BCUT2D eigenvalue weighted by Crippen LogP contribution is -2.44. The molecule has 1 aliphatic heterocycles. The van der Waals surface area contributed by atoms with Crippen molar-refractivity contribution >= 4 is 28.5 Å². The number of rotatable bonds is 2. The summed E-state index contributed by atoms with van der Waals surface area (Å²) in [5, 5.41) is 4.77. The van der Waals surface area contributed by atoms with Crippen molar-refractivity contribution in [2.24, 2.45) is 0 Å². The van der Waals surface area contributed by atoms with Crippen molar-refractivity contribution < 1.29 is 0 Å². The minimum atomic E-state index is 0.273. The molecule has 0 bridgehead atoms. The van der Waals surface area contributed by atoms with E-state index < -0.39 is 0 Å². The van der Waals surface area contributed by atoms with Gasteiger partial charge in [0.15, 0.2) is 0 Å². The van der Waals surface area contributed by atoms with Crippen molar-refractivity contribution in [3.05, 3.63) is 17.5 Å². The lowest BCUT2D eigenvalue weighted by Gasteiger charge is -2.35. The summed E-state index contributed by atoms with van der Waals surface area (Å²) in [4.78, 5) is 13.9. The molecule has 1 saturated heterocycles. The second-order valence-corrected chi connectivity index (χ2v) is 5.63. The van der Waals surface area contributed by atoms with Gasteiger partial charge >= 0.3 is 0 Å². The Morgan fingerprint density at radius 2 is 2.26 bits per heavy atom. The van der Waals surface area contributed by atoms with Crippen LogP contribution >= 0.6 is 11.6 Å². The Morgan fingerprint density at radius 1 is 1.42 bits per heavy atom. The van der Waals surface area contributed by atoms with Crippen LogP contribution in [0.3, 0.4) is 0 Å². The zero-order valence-electron chi connectivity index (χ0n) is 11.2. The van der Waals surface area contributed by atoms with Crippen LogP contribution in [-0.4, -0.2) is 45.5 Å². The van der Waals surface area contributed by atoms with E-state index in [2.05, 4.69) is 39.1 Å². The maximum Gasteiger partial charge on any atom is 0.226 e. The number of nitrogens with zero attached hydrogens (tertiary/aromatic N) is 3. The molecule has 102 valence electrons. The van der Waals surface area contributed by atoms with E-state index in [1.807, 2.05) is 12.3 Å². The molecule has 0 unspecified atom stereocenters. The standard InChI is InChI=1S/C13H18ClN5/c1-8-3-4-9(7-19(8)2)16-12-10-5-6-15-11(10)17-13(14)18-12/h5-6,8-9H,3-4,7H2,1-2H3,(H2,15,16,17,18)/t8-,9+/m0/s1. The first-order valence-electron chi connectivity index (χ1n) is 6.61. The fourth-order valence-corrected chi connectivity index (χ4v) is 2.79. The number of piperidine rings is 1. The lowest BCUT2D eigenvalue weighted by molar-refractivity contribution is 0.188. The highest BCUT2D eigenvalue weighted by atomic mass is 35.5. The van der Waals surface area contributed by atoms with Gasteiger partial charge in [0.25, 0.3) is 0 Å². The summed E-state index contributed by atoms with van der Waals surface area (Å²) in [5.74, 6) is 0.823. The largest absolute Gasteiger partial charge is 0.365 e. The number of aromatic nitrogens is 3. The third-order valence-corrected chi connectivity index (χ3v) is 4.09. The molecule has 2 aromatic rings. The third kappa shape index (κ3) is 2.53. The van der Waals surface area contributed by atoms with Gasteiger partial charge in [0, 0.05) is 24.8 Å². The van der Waals surface area contributed by atoms with Crippen LogP contribution in [-0.2, 0) is 0 Å². The molecule has 0 aromatic carbocycles. The van der Waals surface area contributed by atoms with E-state index in [4.69, 9.17) is 11.6 Å². The SMILES string of the molecule is C[C@H]1CC[C@@H](Nc2nc(Cl)nc3[nH]ccc23)CN1C. The minimum Gasteiger partial charge on any atom is -0.365 e. The first kappa shape index (κ1) is 12.7. The van der Waals surface area contributed by atoms with E-state index in [9.17, 15) is 0 Å². The van der Waals surface area contributed by atoms with Crippen LogP contribution in [0.25, 0.3) is 11.0 Å². The lowest BCUT2D eigenvalue weighted by atomic mass is 10.00. The molecule has 3 heterocycles. The second-order valence-electron chi connectivity index (χ2n) is 5.29. The molecule has 6 heteroatoms. The van der Waals surface area contributed by atoms with Gasteiger partial charge < -0.3 is 15.2 Å². The summed E-state index contributed by atoms with van der Waals surface area (Å²) in [6.45, 7) is 3.29. The summed E-state index contributed by atoms with van der Waals surface area (Å²) in [6, 6.07) is 3.04. The Hall–Kier alpha value is -1.33. The van der Waals surface area contributed by atoms with Crippen molar-refractivity contribution in [1.82, 2.24) is 19.9 Å². The van der Waals surface area contributed by atoms with Gasteiger partial charge in [0.05, 0.1) is 5.39 Å². The molecule has 5 nitrogen and oxygen atoms in total. The summed E-state index contributed by atoms with van der Waals surface area (Å²) < 4.78 is 0. The van der Waals surface area contributed by atoms with Crippen molar-refractivity contribution in [2.75, 3.05) is 18.9 Å². The maximum absolute atomic E-state index is 5.96. The van der Waals surface area contributed by atoms with Crippen LogP contribution in [0.4, 0.5) is 5.82 Å². The van der Waals surface area contributed by atoms with Crippen molar-refractivity contribution in [2.45, 2.75) is 31.8 Å². The van der Waals surface area contributed by atoms with Gasteiger partial charge in [-0.1, -0.05) is 0 Å². The number of fused-ring (bicyclic) bond motifs is 1. The predicted molar refractivity (Wildman–Crippen MR) is 77.6 cm³/mol. The Kier molecular flexibility index (Phi) is 3.33. The Morgan fingerprint density at radius 3 is 3.05 bits per heavy atom. The van der Waals surface area contributed by atoms with Gasteiger partial charge in [0.2, 0.25) is 5.28 Å². The second kappa shape index (κ2) is 4.98. The fraction of sp³-hybridized carbons (Fsp3) is 0.538. The smallest absolute Gasteiger partial charge is 0.226 e. The van der Waals surface area contributed by atoms with Crippen LogP contribution in [0.5, 0.6) is 0 Å². The van der Waals surface area contributed by atoms with E-state index in [0.29, 0.717) is 12.1 Å². The number of hydrogen-bond acceptors (Lipinski definition) is 4. The topological polar surface area (TPSA) is 56.8 Å². The molecule has 0 spiro atoms. The zero-order chi connectivity index (χ0) is 13.4. The molecule has 0 radical (unpaired) electrons. The number of aromatic amines is 1. The highest BCUT2D eigenvalue weighted by Gasteiger charge is 2.23. The highest BCUT2D eigenvalue weighted by molar-refractivity contribution is 6.28. The van der Waals surface area contributed by atoms with Crippen molar-refractivity contribution in [3.63, 3.8) is 0 Å². The van der Waals surface area contributed by atoms with E-state index in [1.165, 1.54) is 6.42 Å². The molecule has 0 amide bonds. The highest BCUT2D eigenvalue weighted by Crippen LogP contribution is 2.24. The van der Waals surface area contributed by atoms with Gasteiger partial charge in [-0.05, 0) is 44.5 Å². The molecule has 0 aliphatic carbocycles. The maximum atomic E-state index is 5.96. The third-order valence-electron chi connectivity index (χ3n) is 3.92. The number of likely N-dealkylation sites (tertiary alicyclic amines) is 1. The van der Waals surface area contributed by atoms with Crippen LogP contribution in [0.2, 0.25) is 5.28 Å². The van der Waals surface area contributed by atoms with E-state index in [-0.39, 0.29) is 5.28 Å². The van der Waals surface area contributed by atoms with E-state index >= 15 is 0 Å². The molecule has 1 fully saturated rings. The molecule has 0 saturated carbocycles. The summed E-state index contributed by atoms with van der Waals surface area (Å²) in [5.41, 5.74) is 0.778. The fourth-order valence-electron chi connectivity index (χ4n) is 2.62. The van der Waals surface area contributed by atoms with Crippen molar-refractivity contribution in [1.29, 1.82) is 0 Å². The van der Waals surface area contributed by atoms with Gasteiger partial charge in [0.1, 0.15) is 11.5 Å². The average Bonchev–Trinajstić information content (AvgIpc) is 2.82. The van der Waals surface area contributed by atoms with Crippen LogP contribution in [0.1, 0.15) is 19.8 Å².